The highest BCUT2D eigenvalue weighted by Gasteiger charge is 2.47. The molecule has 0 amide bonds. The molecule has 19 heavy (non-hydrogen) atoms. The van der Waals surface area contributed by atoms with Crippen molar-refractivity contribution in [1.82, 2.24) is 9.97 Å². The molecule has 2 atom stereocenters. The zero-order valence-corrected chi connectivity index (χ0v) is 11.7. The monoisotopic (exact) mass is 279 g/mol. The predicted octanol–water partition coefficient (Wildman–Crippen LogP) is 1.55. The Morgan fingerprint density at radius 3 is 2.89 bits per heavy atom. The zero-order valence-electron chi connectivity index (χ0n) is 10.8. The summed E-state index contributed by atoms with van der Waals surface area (Å²) in [7, 11) is 0. The van der Waals surface area contributed by atoms with Crippen molar-refractivity contribution in [1.29, 1.82) is 0 Å². The Balaban J connectivity index is 1.94. The first-order valence-electron chi connectivity index (χ1n) is 6.19. The van der Waals surface area contributed by atoms with E-state index in [2.05, 4.69) is 20.7 Å². The van der Waals surface area contributed by atoms with Crippen molar-refractivity contribution in [3.8, 4) is 0 Å². The first-order valence-corrected chi connectivity index (χ1v) is 7.07. The summed E-state index contributed by atoms with van der Waals surface area (Å²) in [5.74, 6) is 6.56. The molecule has 0 spiro atoms. The fraction of sp³-hybridized carbons (Fsp3) is 0.500. The number of thiophene rings is 1. The minimum absolute atomic E-state index is 0.149. The standard InChI is InChI=1S/C12H17N5OS/c1-12(2)7(5-8(12)18)14-9-6-3-4-19-10(6)16-11(15-9)17-13/h3-4,7-8,18H,5,13H2,1-2H3,(H2,14,15,16,17). The van der Waals surface area contributed by atoms with Crippen LogP contribution in [0.1, 0.15) is 20.3 Å². The third-order valence-electron chi connectivity index (χ3n) is 3.98. The smallest absolute Gasteiger partial charge is 0.240 e. The molecule has 0 aliphatic heterocycles. The second kappa shape index (κ2) is 4.29. The van der Waals surface area contributed by atoms with Crippen molar-refractivity contribution in [2.45, 2.75) is 32.4 Å². The van der Waals surface area contributed by atoms with E-state index in [-0.39, 0.29) is 17.6 Å². The fourth-order valence-electron chi connectivity index (χ4n) is 2.34. The molecule has 0 saturated heterocycles. The van der Waals surface area contributed by atoms with Crippen molar-refractivity contribution in [3.05, 3.63) is 11.4 Å². The van der Waals surface area contributed by atoms with Gasteiger partial charge in [-0.1, -0.05) is 13.8 Å². The van der Waals surface area contributed by atoms with Gasteiger partial charge >= 0.3 is 0 Å². The van der Waals surface area contributed by atoms with Gasteiger partial charge in [-0.3, -0.25) is 5.43 Å². The van der Waals surface area contributed by atoms with E-state index in [1.165, 1.54) is 0 Å². The summed E-state index contributed by atoms with van der Waals surface area (Å²) in [5.41, 5.74) is 2.33. The molecule has 1 aliphatic carbocycles. The molecule has 5 N–H and O–H groups in total. The molecule has 0 aromatic carbocycles. The van der Waals surface area contributed by atoms with Crippen LogP contribution < -0.4 is 16.6 Å². The second-order valence-electron chi connectivity index (χ2n) is 5.45. The SMILES string of the molecule is CC1(C)C(O)CC1Nc1nc(NN)nc2sccc12. The minimum Gasteiger partial charge on any atom is -0.392 e. The molecular weight excluding hydrogens is 262 g/mol. The van der Waals surface area contributed by atoms with E-state index in [1.807, 2.05) is 25.3 Å². The van der Waals surface area contributed by atoms with E-state index >= 15 is 0 Å². The largest absolute Gasteiger partial charge is 0.392 e. The average Bonchev–Trinajstić information content (AvgIpc) is 2.86. The average molecular weight is 279 g/mol. The summed E-state index contributed by atoms with van der Waals surface area (Å²) >= 11 is 1.55. The third kappa shape index (κ3) is 1.94. The lowest BCUT2D eigenvalue weighted by Gasteiger charge is -2.49. The molecule has 1 fully saturated rings. The van der Waals surface area contributed by atoms with Gasteiger partial charge in [-0.05, 0) is 17.9 Å². The molecule has 6 nitrogen and oxygen atoms in total. The number of aliphatic hydroxyl groups is 1. The predicted molar refractivity (Wildman–Crippen MR) is 77.0 cm³/mol. The van der Waals surface area contributed by atoms with Crippen LogP contribution >= 0.6 is 11.3 Å². The molecule has 2 unspecified atom stereocenters. The maximum absolute atomic E-state index is 9.80. The lowest BCUT2D eigenvalue weighted by atomic mass is 9.64. The van der Waals surface area contributed by atoms with Crippen molar-refractivity contribution in [2.75, 3.05) is 10.7 Å². The van der Waals surface area contributed by atoms with Crippen LogP contribution in [0.15, 0.2) is 11.4 Å². The number of hydrogen-bond acceptors (Lipinski definition) is 7. The molecule has 2 aromatic rings. The lowest BCUT2D eigenvalue weighted by molar-refractivity contribution is -0.0511. The number of rotatable bonds is 3. The van der Waals surface area contributed by atoms with Gasteiger partial charge in [0.2, 0.25) is 5.95 Å². The molecule has 2 heterocycles. The molecule has 102 valence electrons. The quantitative estimate of drug-likeness (QED) is 0.503. The molecule has 0 bridgehead atoms. The highest BCUT2D eigenvalue weighted by molar-refractivity contribution is 7.16. The Bertz CT molecular complexity index is 611. The van der Waals surface area contributed by atoms with Gasteiger partial charge < -0.3 is 10.4 Å². The van der Waals surface area contributed by atoms with Crippen LogP contribution in [0.25, 0.3) is 10.2 Å². The molecule has 1 aliphatic rings. The van der Waals surface area contributed by atoms with E-state index in [0.717, 1.165) is 22.5 Å². The van der Waals surface area contributed by atoms with E-state index in [0.29, 0.717) is 5.95 Å². The number of nitrogens with two attached hydrogens (primary N) is 1. The molecule has 3 rings (SSSR count). The van der Waals surface area contributed by atoms with Crippen molar-refractivity contribution < 1.29 is 5.11 Å². The molecule has 2 aromatic heterocycles. The lowest BCUT2D eigenvalue weighted by Crippen LogP contribution is -2.57. The maximum atomic E-state index is 9.80. The molecule has 0 radical (unpaired) electrons. The molecule has 7 heteroatoms. The van der Waals surface area contributed by atoms with Crippen LogP contribution in [0.5, 0.6) is 0 Å². The van der Waals surface area contributed by atoms with Crippen LogP contribution in [0.4, 0.5) is 11.8 Å². The van der Waals surface area contributed by atoms with Crippen LogP contribution in [0, 0.1) is 5.41 Å². The van der Waals surface area contributed by atoms with Crippen LogP contribution in [-0.4, -0.2) is 27.2 Å². The van der Waals surface area contributed by atoms with E-state index in [1.54, 1.807) is 11.3 Å². The number of hydrazine groups is 1. The number of nitrogen functional groups attached to an aromatic ring is 1. The van der Waals surface area contributed by atoms with E-state index < -0.39 is 0 Å². The van der Waals surface area contributed by atoms with Gasteiger partial charge in [-0.2, -0.15) is 4.98 Å². The van der Waals surface area contributed by atoms with Crippen LogP contribution in [0.2, 0.25) is 0 Å². The van der Waals surface area contributed by atoms with Crippen molar-refractivity contribution in [3.63, 3.8) is 0 Å². The number of aromatic nitrogens is 2. The van der Waals surface area contributed by atoms with Crippen molar-refractivity contribution >= 4 is 33.3 Å². The fourth-order valence-corrected chi connectivity index (χ4v) is 3.11. The highest BCUT2D eigenvalue weighted by Crippen LogP contribution is 2.42. The Kier molecular flexibility index (Phi) is 2.84. The Hall–Kier alpha value is -1.44. The number of hydrogen-bond donors (Lipinski definition) is 4. The number of nitrogens with zero attached hydrogens (tertiary/aromatic N) is 2. The summed E-state index contributed by atoms with van der Waals surface area (Å²) in [5, 5.41) is 16.2. The normalized spacial score (nSPS) is 25.1. The number of aliphatic hydroxyl groups excluding tert-OH is 1. The van der Waals surface area contributed by atoms with Gasteiger partial charge in [-0.25, -0.2) is 10.8 Å². The third-order valence-corrected chi connectivity index (χ3v) is 4.79. The first-order chi connectivity index (χ1) is 9.02. The summed E-state index contributed by atoms with van der Waals surface area (Å²) in [6.07, 6.45) is 0.463. The second-order valence-corrected chi connectivity index (χ2v) is 6.34. The Morgan fingerprint density at radius 2 is 2.26 bits per heavy atom. The van der Waals surface area contributed by atoms with Gasteiger partial charge in [0, 0.05) is 11.5 Å². The van der Waals surface area contributed by atoms with Gasteiger partial charge in [0.25, 0.3) is 0 Å². The summed E-state index contributed by atoms with van der Waals surface area (Å²) in [6, 6.07) is 2.19. The minimum atomic E-state index is -0.267. The Labute approximate surface area is 115 Å². The van der Waals surface area contributed by atoms with Crippen molar-refractivity contribution in [2.24, 2.45) is 11.3 Å². The van der Waals surface area contributed by atoms with E-state index in [4.69, 9.17) is 5.84 Å². The van der Waals surface area contributed by atoms with Crippen LogP contribution in [0.3, 0.4) is 0 Å². The van der Waals surface area contributed by atoms with E-state index in [9.17, 15) is 5.11 Å². The maximum Gasteiger partial charge on any atom is 0.240 e. The summed E-state index contributed by atoms with van der Waals surface area (Å²) in [6.45, 7) is 4.10. The first kappa shape index (κ1) is 12.6. The van der Waals surface area contributed by atoms with Crippen LogP contribution in [-0.2, 0) is 0 Å². The van der Waals surface area contributed by atoms with Gasteiger partial charge in [0.1, 0.15) is 10.6 Å². The molecular formula is C12H17N5OS. The molecule has 1 saturated carbocycles. The number of anilines is 2. The summed E-state index contributed by atoms with van der Waals surface area (Å²) < 4.78 is 0. The number of fused-ring (bicyclic) bond motifs is 1. The van der Waals surface area contributed by atoms with Gasteiger partial charge in [0.15, 0.2) is 0 Å². The highest BCUT2D eigenvalue weighted by atomic mass is 32.1. The summed E-state index contributed by atoms with van der Waals surface area (Å²) in [4.78, 5) is 9.56. The zero-order chi connectivity index (χ0) is 13.6. The van der Waals surface area contributed by atoms with Gasteiger partial charge in [0.05, 0.1) is 11.5 Å². The number of nitrogens with one attached hydrogen (secondary N) is 2. The Morgan fingerprint density at radius 1 is 1.47 bits per heavy atom. The van der Waals surface area contributed by atoms with Gasteiger partial charge in [-0.15, -0.1) is 11.3 Å². The topological polar surface area (TPSA) is 96.1 Å².